The van der Waals surface area contributed by atoms with E-state index in [0.717, 1.165) is 0 Å². The van der Waals surface area contributed by atoms with Crippen molar-refractivity contribution in [2.45, 2.75) is 26.4 Å². The van der Waals surface area contributed by atoms with Gasteiger partial charge in [0.2, 0.25) is 0 Å². The van der Waals surface area contributed by atoms with Gasteiger partial charge in [-0.05, 0) is 56.3 Å². The van der Waals surface area contributed by atoms with Gasteiger partial charge in [0.05, 0.1) is 29.4 Å². The molecular formula is C26H22ClN5O3. The van der Waals surface area contributed by atoms with Crippen molar-refractivity contribution in [1.29, 1.82) is 0 Å². The SMILES string of the molecule is CC(C)N(Cc1nc2ccccc2c(=O)[nH]1)C(=O)c1cc(-c2ccco2)n(-c2cccc(Cl)c2)n1. The summed E-state index contributed by atoms with van der Waals surface area (Å²) in [7, 11) is 0. The molecule has 1 amide bonds. The maximum absolute atomic E-state index is 13.6. The maximum Gasteiger partial charge on any atom is 0.275 e. The average Bonchev–Trinajstić information content (AvgIpc) is 3.52. The van der Waals surface area contributed by atoms with Crippen LogP contribution in [0.3, 0.4) is 0 Å². The van der Waals surface area contributed by atoms with Gasteiger partial charge >= 0.3 is 0 Å². The minimum absolute atomic E-state index is 0.122. The van der Waals surface area contributed by atoms with E-state index in [0.29, 0.717) is 38.9 Å². The molecule has 9 heteroatoms. The van der Waals surface area contributed by atoms with E-state index < -0.39 is 0 Å². The van der Waals surface area contributed by atoms with Gasteiger partial charge in [-0.15, -0.1) is 0 Å². The molecule has 0 aliphatic rings. The standard InChI is InChI=1S/C26H22ClN5O3/c1-16(2)31(15-24-28-20-10-4-3-9-19(20)25(33)29-24)26(34)21-14-22(23-11-6-12-35-23)32(30-21)18-8-5-7-17(27)13-18/h3-14,16H,15H2,1-2H3,(H,28,29,33). The van der Waals surface area contributed by atoms with E-state index in [-0.39, 0.29) is 29.7 Å². The lowest BCUT2D eigenvalue weighted by Crippen LogP contribution is -2.37. The molecule has 2 aromatic carbocycles. The first-order chi connectivity index (χ1) is 16.9. The summed E-state index contributed by atoms with van der Waals surface area (Å²) in [4.78, 5) is 35.1. The average molecular weight is 488 g/mol. The number of fused-ring (bicyclic) bond motifs is 1. The molecule has 5 rings (SSSR count). The summed E-state index contributed by atoms with van der Waals surface area (Å²) < 4.78 is 7.23. The number of para-hydroxylation sites is 1. The number of carbonyl (C=O) groups excluding carboxylic acids is 1. The molecule has 0 fully saturated rings. The zero-order valence-corrected chi connectivity index (χ0v) is 19.9. The normalized spacial score (nSPS) is 11.3. The van der Waals surface area contributed by atoms with Gasteiger partial charge in [0.1, 0.15) is 11.5 Å². The second-order valence-electron chi connectivity index (χ2n) is 8.34. The zero-order chi connectivity index (χ0) is 24.5. The fourth-order valence-corrected chi connectivity index (χ4v) is 4.08. The number of hydrogen-bond donors (Lipinski definition) is 1. The Morgan fingerprint density at radius 2 is 1.94 bits per heavy atom. The van der Waals surface area contributed by atoms with Crippen molar-refractivity contribution in [1.82, 2.24) is 24.6 Å². The lowest BCUT2D eigenvalue weighted by Gasteiger charge is -2.25. The summed E-state index contributed by atoms with van der Waals surface area (Å²) in [6.45, 7) is 3.92. The molecular weight excluding hydrogens is 466 g/mol. The number of nitrogens with one attached hydrogen (secondary N) is 1. The van der Waals surface area contributed by atoms with Crippen LogP contribution < -0.4 is 5.56 Å². The van der Waals surface area contributed by atoms with E-state index in [2.05, 4.69) is 15.1 Å². The summed E-state index contributed by atoms with van der Waals surface area (Å²) >= 11 is 6.20. The summed E-state index contributed by atoms with van der Waals surface area (Å²) in [5.41, 5.74) is 1.87. The van der Waals surface area contributed by atoms with Gasteiger partial charge in [-0.2, -0.15) is 5.10 Å². The molecule has 5 aromatic rings. The molecule has 0 aliphatic carbocycles. The summed E-state index contributed by atoms with van der Waals surface area (Å²) in [6, 6.07) is 19.4. The third-order valence-corrected chi connectivity index (χ3v) is 5.86. The van der Waals surface area contributed by atoms with Crippen LogP contribution in [0.2, 0.25) is 5.02 Å². The molecule has 0 saturated carbocycles. The molecule has 0 saturated heterocycles. The quantitative estimate of drug-likeness (QED) is 0.360. The minimum Gasteiger partial charge on any atom is -0.463 e. The Morgan fingerprint density at radius 1 is 1.11 bits per heavy atom. The highest BCUT2D eigenvalue weighted by Gasteiger charge is 2.25. The molecule has 8 nitrogen and oxygen atoms in total. The molecule has 0 radical (unpaired) electrons. The first kappa shape index (κ1) is 22.6. The molecule has 0 bridgehead atoms. The summed E-state index contributed by atoms with van der Waals surface area (Å²) in [6.07, 6.45) is 1.56. The Kier molecular flexibility index (Phi) is 5.96. The Bertz CT molecular complexity index is 1570. The number of amides is 1. The fourth-order valence-electron chi connectivity index (χ4n) is 3.90. The van der Waals surface area contributed by atoms with Crippen molar-refractivity contribution in [2.75, 3.05) is 0 Å². The van der Waals surface area contributed by atoms with Crippen LogP contribution >= 0.6 is 11.6 Å². The number of aromatic nitrogens is 4. The molecule has 0 spiro atoms. The third-order valence-electron chi connectivity index (χ3n) is 5.62. The first-order valence-electron chi connectivity index (χ1n) is 11.1. The molecule has 35 heavy (non-hydrogen) atoms. The van der Waals surface area contributed by atoms with Crippen molar-refractivity contribution in [3.05, 3.63) is 99.9 Å². The predicted octanol–water partition coefficient (Wildman–Crippen LogP) is 5.07. The van der Waals surface area contributed by atoms with Crippen LogP contribution in [0.1, 0.15) is 30.2 Å². The van der Waals surface area contributed by atoms with Gasteiger partial charge < -0.3 is 14.3 Å². The third kappa shape index (κ3) is 4.48. The Labute approximate surface area is 205 Å². The van der Waals surface area contributed by atoms with Crippen molar-refractivity contribution in [3.63, 3.8) is 0 Å². The van der Waals surface area contributed by atoms with Crippen LogP contribution in [-0.2, 0) is 6.54 Å². The number of furan rings is 1. The van der Waals surface area contributed by atoms with E-state index >= 15 is 0 Å². The number of aromatic amines is 1. The lowest BCUT2D eigenvalue weighted by atomic mass is 10.2. The number of H-pyrrole nitrogens is 1. The van der Waals surface area contributed by atoms with Gasteiger partial charge in [0, 0.05) is 17.1 Å². The van der Waals surface area contributed by atoms with E-state index in [1.54, 1.807) is 64.4 Å². The monoisotopic (exact) mass is 487 g/mol. The van der Waals surface area contributed by atoms with E-state index in [1.165, 1.54) is 0 Å². The zero-order valence-electron chi connectivity index (χ0n) is 19.1. The van der Waals surface area contributed by atoms with Crippen molar-refractivity contribution >= 4 is 28.4 Å². The largest absolute Gasteiger partial charge is 0.463 e. The van der Waals surface area contributed by atoms with Crippen molar-refractivity contribution in [3.8, 4) is 17.1 Å². The van der Waals surface area contributed by atoms with Gasteiger partial charge in [-0.1, -0.05) is 29.8 Å². The smallest absolute Gasteiger partial charge is 0.275 e. The number of benzene rings is 2. The Hall–Kier alpha value is -4.17. The second-order valence-corrected chi connectivity index (χ2v) is 8.78. The van der Waals surface area contributed by atoms with Crippen LogP contribution in [0.25, 0.3) is 28.0 Å². The van der Waals surface area contributed by atoms with Crippen molar-refractivity contribution in [2.24, 2.45) is 0 Å². The van der Waals surface area contributed by atoms with Gasteiger partial charge in [-0.25, -0.2) is 9.67 Å². The maximum atomic E-state index is 13.6. The number of nitrogens with zero attached hydrogens (tertiary/aromatic N) is 4. The Morgan fingerprint density at radius 3 is 2.69 bits per heavy atom. The number of hydrogen-bond acceptors (Lipinski definition) is 5. The van der Waals surface area contributed by atoms with Crippen LogP contribution in [0.15, 0.2) is 82.2 Å². The number of rotatable bonds is 6. The van der Waals surface area contributed by atoms with Gasteiger partial charge in [0.15, 0.2) is 11.5 Å². The molecule has 1 N–H and O–H groups in total. The molecule has 3 heterocycles. The number of carbonyl (C=O) groups is 1. The highest BCUT2D eigenvalue weighted by atomic mass is 35.5. The van der Waals surface area contributed by atoms with Gasteiger partial charge in [-0.3, -0.25) is 9.59 Å². The summed E-state index contributed by atoms with van der Waals surface area (Å²) in [5.74, 6) is 0.661. The first-order valence-corrected chi connectivity index (χ1v) is 11.5. The molecule has 0 aliphatic heterocycles. The van der Waals surface area contributed by atoms with Crippen LogP contribution in [0.4, 0.5) is 0 Å². The predicted molar refractivity (Wildman–Crippen MR) is 134 cm³/mol. The lowest BCUT2D eigenvalue weighted by molar-refractivity contribution is 0.0678. The Balaban J connectivity index is 1.54. The van der Waals surface area contributed by atoms with Crippen molar-refractivity contribution < 1.29 is 9.21 Å². The van der Waals surface area contributed by atoms with E-state index in [9.17, 15) is 9.59 Å². The van der Waals surface area contributed by atoms with E-state index in [1.807, 2.05) is 32.0 Å². The summed E-state index contributed by atoms with van der Waals surface area (Å²) in [5, 5.41) is 5.65. The molecule has 0 unspecified atom stereocenters. The topological polar surface area (TPSA) is 97.0 Å². The van der Waals surface area contributed by atoms with Gasteiger partial charge in [0.25, 0.3) is 11.5 Å². The molecule has 0 atom stereocenters. The fraction of sp³-hybridized carbons (Fsp3) is 0.154. The highest BCUT2D eigenvalue weighted by molar-refractivity contribution is 6.30. The van der Waals surface area contributed by atoms with Crippen LogP contribution in [0.5, 0.6) is 0 Å². The minimum atomic E-state index is -0.301. The molecule has 176 valence electrons. The van der Waals surface area contributed by atoms with Crippen LogP contribution in [-0.4, -0.2) is 36.6 Å². The highest BCUT2D eigenvalue weighted by Crippen LogP contribution is 2.27. The van der Waals surface area contributed by atoms with Crippen LogP contribution in [0, 0.1) is 0 Å². The molecule has 3 aromatic heterocycles. The van der Waals surface area contributed by atoms with E-state index in [4.69, 9.17) is 16.0 Å². The second kappa shape index (κ2) is 9.23. The number of halogens is 1.